The molecule has 1 fully saturated rings. The molecule has 0 amide bonds. The summed E-state index contributed by atoms with van der Waals surface area (Å²) in [6.45, 7) is 0.576. The van der Waals surface area contributed by atoms with E-state index >= 15 is 0 Å². The van der Waals surface area contributed by atoms with Crippen molar-refractivity contribution in [3.8, 4) is 0 Å². The molecule has 1 atom stereocenters. The minimum atomic E-state index is -0.437. The van der Waals surface area contributed by atoms with Gasteiger partial charge in [-0.2, -0.15) is 0 Å². The molecule has 3 nitrogen and oxygen atoms in total. The van der Waals surface area contributed by atoms with E-state index in [0.29, 0.717) is 13.0 Å². The lowest BCUT2D eigenvalue weighted by atomic mass is 9.89. The van der Waals surface area contributed by atoms with Crippen LogP contribution in [0.5, 0.6) is 0 Å². The van der Waals surface area contributed by atoms with Gasteiger partial charge in [0.1, 0.15) is 5.78 Å². The van der Waals surface area contributed by atoms with Crippen molar-refractivity contribution < 1.29 is 9.59 Å². The second-order valence-corrected chi connectivity index (χ2v) is 2.40. The monoisotopic (exact) mass is 137 g/mol. The van der Waals surface area contributed by atoms with Gasteiger partial charge in [0.15, 0.2) is 7.85 Å². The van der Waals surface area contributed by atoms with Crippen LogP contribution in [0.25, 0.3) is 0 Å². The molecule has 1 rings (SSSR count). The van der Waals surface area contributed by atoms with Crippen molar-refractivity contribution in [2.75, 3.05) is 6.54 Å². The smallest absolute Gasteiger partial charge is 0.170 e. The molecule has 1 unspecified atom stereocenters. The first-order valence-corrected chi connectivity index (χ1v) is 3.24. The molecule has 10 heavy (non-hydrogen) atoms. The normalized spacial score (nSPS) is 26.4. The molecule has 0 aliphatic carbocycles. The summed E-state index contributed by atoms with van der Waals surface area (Å²) in [5.41, 5.74) is -0.437. The molecule has 0 spiro atoms. The van der Waals surface area contributed by atoms with Crippen LogP contribution in [0.15, 0.2) is 0 Å². The first-order chi connectivity index (χ1) is 4.70. The van der Waals surface area contributed by atoms with E-state index in [2.05, 4.69) is 5.32 Å². The van der Waals surface area contributed by atoms with Gasteiger partial charge in [-0.05, 0) is 0 Å². The standard InChI is InChI=1S/C6H8BNO2/c7-6(10)5-3-4(9)1-2-8-5/h5,8H,1-3H2. The summed E-state index contributed by atoms with van der Waals surface area (Å²) in [5, 5.41) is 2.85. The van der Waals surface area contributed by atoms with Gasteiger partial charge in [-0.25, -0.2) is 0 Å². The number of carbonyl (C=O) groups is 2. The maximum Gasteiger partial charge on any atom is 0.170 e. The van der Waals surface area contributed by atoms with Crippen LogP contribution in [0, 0.1) is 0 Å². The highest BCUT2D eigenvalue weighted by Crippen LogP contribution is 2.02. The van der Waals surface area contributed by atoms with E-state index in [0.717, 1.165) is 0 Å². The molecule has 2 radical (unpaired) electrons. The van der Waals surface area contributed by atoms with Gasteiger partial charge >= 0.3 is 0 Å². The van der Waals surface area contributed by atoms with Crippen molar-refractivity contribution in [1.82, 2.24) is 5.32 Å². The van der Waals surface area contributed by atoms with Crippen LogP contribution in [-0.4, -0.2) is 31.9 Å². The van der Waals surface area contributed by atoms with Crippen molar-refractivity contribution in [3.05, 3.63) is 0 Å². The average molecular weight is 137 g/mol. The summed E-state index contributed by atoms with van der Waals surface area (Å²) in [7, 11) is 4.98. The molecule has 1 heterocycles. The van der Waals surface area contributed by atoms with Gasteiger partial charge in [0.25, 0.3) is 0 Å². The largest absolute Gasteiger partial charge is 0.311 e. The van der Waals surface area contributed by atoms with Gasteiger partial charge in [0.05, 0.1) is 11.7 Å². The van der Waals surface area contributed by atoms with Crippen LogP contribution in [0.3, 0.4) is 0 Å². The van der Waals surface area contributed by atoms with Crippen LogP contribution in [-0.2, 0) is 9.59 Å². The number of ketones is 1. The zero-order chi connectivity index (χ0) is 7.56. The predicted molar refractivity (Wildman–Crippen MR) is 36.8 cm³/mol. The van der Waals surface area contributed by atoms with Crippen molar-refractivity contribution in [2.45, 2.75) is 18.9 Å². The zero-order valence-electron chi connectivity index (χ0n) is 5.59. The lowest BCUT2D eigenvalue weighted by Gasteiger charge is -2.19. The molecule has 0 bridgehead atoms. The van der Waals surface area contributed by atoms with Crippen molar-refractivity contribution >= 4 is 19.3 Å². The maximum atomic E-state index is 10.7. The maximum absolute atomic E-state index is 10.7. The second-order valence-electron chi connectivity index (χ2n) is 2.40. The molecule has 1 saturated heterocycles. The summed E-state index contributed by atoms with van der Waals surface area (Å²) >= 11 is 0. The molecule has 1 N–H and O–H groups in total. The minimum absolute atomic E-state index is 0.113. The first-order valence-electron chi connectivity index (χ1n) is 3.24. The highest BCUT2D eigenvalue weighted by atomic mass is 16.1. The lowest BCUT2D eigenvalue weighted by molar-refractivity contribution is -0.124. The molecule has 1 aliphatic heterocycles. The van der Waals surface area contributed by atoms with Crippen molar-refractivity contribution in [2.24, 2.45) is 0 Å². The first kappa shape index (κ1) is 7.47. The summed E-state index contributed by atoms with van der Waals surface area (Å²) in [4.78, 5) is 21.2. The number of Topliss-reactive ketones (excluding diaryl/α,β-unsaturated/α-hetero) is 1. The van der Waals surface area contributed by atoms with Gasteiger partial charge in [-0.15, -0.1) is 0 Å². The fourth-order valence-electron chi connectivity index (χ4n) is 0.989. The van der Waals surface area contributed by atoms with E-state index < -0.39 is 11.7 Å². The van der Waals surface area contributed by atoms with Gasteiger partial charge < -0.3 is 10.1 Å². The Labute approximate surface area is 60.6 Å². The van der Waals surface area contributed by atoms with Gasteiger partial charge in [-0.3, -0.25) is 4.79 Å². The van der Waals surface area contributed by atoms with E-state index in [1.807, 2.05) is 0 Å². The molecule has 0 aromatic carbocycles. The molecular formula is C6H8BNO2. The van der Waals surface area contributed by atoms with Crippen LogP contribution >= 0.6 is 0 Å². The highest BCUT2D eigenvalue weighted by molar-refractivity contribution is 6.59. The van der Waals surface area contributed by atoms with Crippen LogP contribution in [0.4, 0.5) is 0 Å². The number of rotatable bonds is 1. The third-order valence-corrected chi connectivity index (χ3v) is 1.57. The van der Waals surface area contributed by atoms with Gasteiger partial charge in [0, 0.05) is 19.4 Å². The van der Waals surface area contributed by atoms with Crippen molar-refractivity contribution in [3.63, 3.8) is 0 Å². The second kappa shape index (κ2) is 2.97. The Kier molecular flexibility index (Phi) is 2.22. The number of nitrogens with one attached hydrogen (secondary N) is 1. The minimum Gasteiger partial charge on any atom is -0.311 e. The topological polar surface area (TPSA) is 46.2 Å². The van der Waals surface area contributed by atoms with Crippen LogP contribution in [0.1, 0.15) is 12.8 Å². The number of carbonyl (C=O) groups excluding carboxylic acids is 2. The van der Waals surface area contributed by atoms with E-state index in [1.165, 1.54) is 0 Å². The fraction of sp³-hybridized carbons (Fsp3) is 0.667. The number of hydrogen-bond acceptors (Lipinski definition) is 3. The molecule has 0 aromatic rings. The summed E-state index contributed by atoms with van der Waals surface area (Å²) in [6, 6.07) is -0.429. The third kappa shape index (κ3) is 1.67. The Morgan fingerprint density at radius 1 is 1.70 bits per heavy atom. The highest BCUT2D eigenvalue weighted by Gasteiger charge is 2.20. The Morgan fingerprint density at radius 2 is 2.40 bits per heavy atom. The zero-order valence-corrected chi connectivity index (χ0v) is 5.59. The third-order valence-electron chi connectivity index (χ3n) is 1.57. The molecular weight excluding hydrogens is 129 g/mol. The fourth-order valence-corrected chi connectivity index (χ4v) is 0.989. The van der Waals surface area contributed by atoms with Crippen LogP contribution < -0.4 is 5.32 Å². The summed E-state index contributed by atoms with van der Waals surface area (Å²) < 4.78 is 0. The Morgan fingerprint density at radius 3 is 2.80 bits per heavy atom. The van der Waals surface area contributed by atoms with Gasteiger partial charge in [0.2, 0.25) is 0 Å². The summed E-state index contributed by atoms with van der Waals surface area (Å²) in [5.74, 6) is 0.113. The molecule has 1 aliphatic rings. The van der Waals surface area contributed by atoms with Crippen molar-refractivity contribution in [1.29, 1.82) is 0 Å². The van der Waals surface area contributed by atoms with Gasteiger partial charge in [-0.1, -0.05) is 0 Å². The molecule has 52 valence electrons. The molecule has 4 heteroatoms. The Balaban J connectivity index is 2.47. The van der Waals surface area contributed by atoms with Crippen LogP contribution in [0.2, 0.25) is 0 Å². The van der Waals surface area contributed by atoms with E-state index in [-0.39, 0.29) is 12.2 Å². The molecule has 0 saturated carbocycles. The van der Waals surface area contributed by atoms with E-state index in [9.17, 15) is 9.59 Å². The molecule has 0 aromatic heterocycles. The predicted octanol–water partition coefficient (Wildman–Crippen LogP) is -0.997. The Hall–Kier alpha value is -0.635. The number of hydrogen-bond donors (Lipinski definition) is 1. The Bertz CT molecular complexity index is 167. The lowest BCUT2D eigenvalue weighted by Crippen LogP contribution is -2.43. The average Bonchev–Trinajstić information content (AvgIpc) is 1.88. The quantitative estimate of drug-likeness (QED) is 0.471. The number of piperidine rings is 1. The SMILES string of the molecule is [B]C(=O)C1CC(=O)CCN1. The van der Waals surface area contributed by atoms with E-state index in [4.69, 9.17) is 7.85 Å². The van der Waals surface area contributed by atoms with E-state index in [1.54, 1.807) is 0 Å². The summed E-state index contributed by atoms with van der Waals surface area (Å²) in [6.07, 6.45) is 0.777.